The summed E-state index contributed by atoms with van der Waals surface area (Å²) in [6.45, 7) is 0. The zero-order chi connectivity index (χ0) is 12.7. The second-order valence-corrected chi connectivity index (χ2v) is 6.84. The first-order chi connectivity index (χ1) is 7.21. The molecule has 0 spiro atoms. The minimum absolute atomic E-state index is 0. The van der Waals surface area contributed by atoms with E-state index < -0.39 is 20.2 Å². The Balaban J connectivity index is -0.00000112. The Labute approximate surface area is 126 Å². The molecule has 100 valence electrons. The molecule has 0 radical (unpaired) electrons. The van der Waals surface area contributed by atoms with Crippen LogP contribution in [0.4, 0.5) is 0 Å². The van der Waals surface area contributed by atoms with E-state index in [1.807, 2.05) is 0 Å². The van der Waals surface area contributed by atoms with Crippen LogP contribution < -0.4 is 29.6 Å². The van der Waals surface area contributed by atoms with Crippen LogP contribution in [0.2, 0.25) is 0 Å². The van der Waals surface area contributed by atoms with E-state index >= 15 is 0 Å². The van der Waals surface area contributed by atoms with Gasteiger partial charge in [0.1, 0.15) is 0 Å². The smallest absolute Gasteiger partial charge is 1.00 e. The van der Waals surface area contributed by atoms with Crippen LogP contribution in [0.3, 0.4) is 0 Å². The van der Waals surface area contributed by atoms with E-state index in [-0.39, 0.29) is 42.5 Å². The van der Waals surface area contributed by atoms with E-state index in [9.17, 15) is 16.8 Å². The molecule has 0 unspecified atom stereocenters. The SMILES string of the molecule is O=S(=O)(O)CCCCCCCCS(=O)(=O)O.[H-].[Na+]. The molecule has 0 bridgehead atoms. The Bertz CT molecular complexity index is 342. The van der Waals surface area contributed by atoms with Gasteiger partial charge < -0.3 is 1.43 Å². The third-order valence-corrected chi connectivity index (χ3v) is 3.66. The van der Waals surface area contributed by atoms with Gasteiger partial charge in [-0.1, -0.05) is 25.7 Å². The standard InChI is InChI=1S/C8H18O6S2.Na.H/c9-15(10,11)7-5-3-1-2-4-6-8-16(12,13)14;;/h1-8H2,(H,9,10,11)(H,12,13,14);;/q;+1;-1. The summed E-state index contributed by atoms with van der Waals surface area (Å²) in [5.41, 5.74) is 0. The van der Waals surface area contributed by atoms with Crippen molar-refractivity contribution in [3.63, 3.8) is 0 Å². The summed E-state index contributed by atoms with van der Waals surface area (Å²) in [5.74, 6) is -0.448. The average molecular weight is 298 g/mol. The molecule has 0 aromatic heterocycles. The first-order valence-corrected chi connectivity index (χ1v) is 8.33. The molecular formula is C8H19NaO6S2. The van der Waals surface area contributed by atoms with Crippen LogP contribution in [0.5, 0.6) is 0 Å². The summed E-state index contributed by atoms with van der Waals surface area (Å²) in [4.78, 5) is 0. The number of unbranched alkanes of at least 4 members (excludes halogenated alkanes) is 5. The summed E-state index contributed by atoms with van der Waals surface area (Å²) in [5, 5.41) is 0. The Morgan fingerprint density at radius 1 is 0.647 bits per heavy atom. The molecule has 0 rings (SSSR count). The van der Waals surface area contributed by atoms with Crippen LogP contribution in [0, 0.1) is 0 Å². The van der Waals surface area contributed by atoms with Gasteiger partial charge in [-0.05, 0) is 12.8 Å². The van der Waals surface area contributed by atoms with Crippen LogP contribution in [0.1, 0.15) is 40.0 Å². The summed E-state index contributed by atoms with van der Waals surface area (Å²) < 4.78 is 58.2. The fraction of sp³-hybridized carbons (Fsp3) is 1.00. The fourth-order valence-corrected chi connectivity index (χ4v) is 2.41. The van der Waals surface area contributed by atoms with Crippen molar-refractivity contribution >= 4 is 20.2 Å². The van der Waals surface area contributed by atoms with Gasteiger partial charge in [0.2, 0.25) is 0 Å². The van der Waals surface area contributed by atoms with Crippen molar-refractivity contribution in [3.8, 4) is 0 Å². The van der Waals surface area contributed by atoms with Crippen LogP contribution in [-0.4, -0.2) is 37.4 Å². The van der Waals surface area contributed by atoms with Crippen molar-refractivity contribution in [2.45, 2.75) is 38.5 Å². The second-order valence-electron chi connectivity index (χ2n) is 3.69. The molecule has 0 amide bonds. The molecule has 0 saturated heterocycles. The van der Waals surface area contributed by atoms with E-state index in [1.165, 1.54) is 0 Å². The first kappa shape index (κ1) is 20.1. The summed E-state index contributed by atoms with van der Waals surface area (Å²) in [6, 6.07) is 0. The van der Waals surface area contributed by atoms with Crippen LogP contribution in [0.25, 0.3) is 0 Å². The zero-order valence-corrected chi connectivity index (χ0v) is 13.6. The maximum Gasteiger partial charge on any atom is 1.00 e. The molecule has 0 aromatic carbocycles. The average Bonchev–Trinajstić information content (AvgIpc) is 2.06. The number of hydrogen-bond acceptors (Lipinski definition) is 4. The monoisotopic (exact) mass is 298 g/mol. The molecule has 0 aliphatic rings. The Hall–Kier alpha value is 0.820. The van der Waals surface area contributed by atoms with Gasteiger partial charge in [-0.2, -0.15) is 16.8 Å². The largest absolute Gasteiger partial charge is 1.00 e. The number of rotatable bonds is 9. The summed E-state index contributed by atoms with van der Waals surface area (Å²) in [7, 11) is -7.71. The van der Waals surface area contributed by atoms with Crippen LogP contribution >= 0.6 is 0 Å². The van der Waals surface area contributed by atoms with Gasteiger partial charge in [0.05, 0.1) is 11.5 Å². The zero-order valence-electron chi connectivity index (χ0n) is 11.0. The van der Waals surface area contributed by atoms with Gasteiger partial charge >= 0.3 is 29.6 Å². The molecule has 6 nitrogen and oxygen atoms in total. The molecule has 2 N–H and O–H groups in total. The normalized spacial score (nSPS) is 12.1. The predicted octanol–water partition coefficient (Wildman–Crippen LogP) is -1.78. The van der Waals surface area contributed by atoms with Gasteiger partial charge in [0.25, 0.3) is 20.2 Å². The molecule has 0 atom stereocenters. The van der Waals surface area contributed by atoms with Gasteiger partial charge in [-0.25, -0.2) is 0 Å². The van der Waals surface area contributed by atoms with Crippen molar-refractivity contribution < 1.29 is 56.9 Å². The second kappa shape index (κ2) is 9.71. The molecule has 0 saturated carbocycles. The molecule has 0 fully saturated rings. The van der Waals surface area contributed by atoms with Gasteiger partial charge in [-0.15, -0.1) is 0 Å². The van der Waals surface area contributed by atoms with Gasteiger partial charge in [-0.3, -0.25) is 9.11 Å². The van der Waals surface area contributed by atoms with E-state index in [1.54, 1.807) is 0 Å². The first-order valence-electron chi connectivity index (χ1n) is 5.11. The summed E-state index contributed by atoms with van der Waals surface area (Å²) >= 11 is 0. The van der Waals surface area contributed by atoms with Crippen molar-refractivity contribution in [2.75, 3.05) is 11.5 Å². The third-order valence-electron chi connectivity index (χ3n) is 2.05. The van der Waals surface area contributed by atoms with E-state index in [4.69, 9.17) is 9.11 Å². The maximum absolute atomic E-state index is 10.3. The molecule has 0 aromatic rings. The summed E-state index contributed by atoms with van der Waals surface area (Å²) in [6.07, 6.45) is 3.79. The molecule has 0 aliphatic heterocycles. The van der Waals surface area contributed by atoms with E-state index in [2.05, 4.69) is 0 Å². The van der Waals surface area contributed by atoms with Gasteiger partial charge in [0.15, 0.2) is 0 Å². The molecule has 0 heterocycles. The topological polar surface area (TPSA) is 109 Å². The molecule has 9 heteroatoms. The molecule has 0 aliphatic carbocycles. The van der Waals surface area contributed by atoms with Crippen molar-refractivity contribution in [3.05, 3.63) is 0 Å². The van der Waals surface area contributed by atoms with Crippen LogP contribution in [0.15, 0.2) is 0 Å². The third kappa shape index (κ3) is 19.3. The Morgan fingerprint density at radius 2 is 0.882 bits per heavy atom. The fourth-order valence-electron chi connectivity index (χ4n) is 1.28. The predicted molar refractivity (Wildman–Crippen MR) is 61.6 cm³/mol. The minimum Gasteiger partial charge on any atom is -1.00 e. The minimum atomic E-state index is -3.85. The quantitative estimate of drug-likeness (QED) is 0.296. The van der Waals surface area contributed by atoms with Crippen molar-refractivity contribution in [1.82, 2.24) is 0 Å². The number of hydrogen-bond donors (Lipinski definition) is 2. The Morgan fingerprint density at radius 3 is 1.12 bits per heavy atom. The van der Waals surface area contributed by atoms with E-state index in [0.29, 0.717) is 25.7 Å². The Kier molecular flexibility index (Phi) is 11.5. The van der Waals surface area contributed by atoms with Gasteiger partial charge in [0, 0.05) is 0 Å². The van der Waals surface area contributed by atoms with Crippen molar-refractivity contribution in [1.29, 1.82) is 0 Å². The molecular weight excluding hydrogens is 279 g/mol. The van der Waals surface area contributed by atoms with Crippen molar-refractivity contribution in [2.24, 2.45) is 0 Å². The van der Waals surface area contributed by atoms with Crippen LogP contribution in [-0.2, 0) is 20.2 Å². The molecule has 17 heavy (non-hydrogen) atoms. The van der Waals surface area contributed by atoms with E-state index in [0.717, 1.165) is 12.8 Å². The maximum atomic E-state index is 10.3.